The summed E-state index contributed by atoms with van der Waals surface area (Å²) in [5, 5.41) is 10.6. The molecular weight excluding hydrogens is 497 g/mol. The number of imidazole rings is 1. The first-order valence-corrected chi connectivity index (χ1v) is 11.8. The minimum atomic E-state index is -4.65. The van der Waals surface area contributed by atoms with Crippen molar-refractivity contribution in [2.24, 2.45) is 7.05 Å². The molecule has 5 rings (SSSR count). The number of aromatic hydroxyl groups is 1. The van der Waals surface area contributed by atoms with Crippen LogP contribution in [-0.4, -0.2) is 33.0 Å². The number of likely N-dealkylation sites (N-methyl/N-ethyl adjacent to an activating group) is 1. The lowest BCUT2D eigenvalue weighted by Crippen LogP contribution is -2.39. The molecule has 4 aromatic rings. The second-order valence-corrected chi connectivity index (χ2v) is 8.89. The van der Waals surface area contributed by atoms with E-state index in [1.54, 1.807) is 67.5 Å². The average Bonchev–Trinajstić information content (AvgIpc) is 3.28. The monoisotopic (exact) mass is 520 g/mol. The van der Waals surface area contributed by atoms with Crippen LogP contribution in [0.25, 0.3) is 11.3 Å². The Balaban J connectivity index is 1.74. The number of phenols is 1. The second kappa shape index (κ2) is 9.37. The van der Waals surface area contributed by atoms with Crippen LogP contribution >= 0.6 is 0 Å². The van der Waals surface area contributed by atoms with Gasteiger partial charge in [-0.3, -0.25) is 14.5 Å². The zero-order valence-corrected chi connectivity index (χ0v) is 20.5. The first-order valence-electron chi connectivity index (χ1n) is 11.8. The van der Waals surface area contributed by atoms with E-state index in [1.165, 1.54) is 28.0 Å². The summed E-state index contributed by atoms with van der Waals surface area (Å²) in [6.07, 6.45) is -1.56. The van der Waals surface area contributed by atoms with Gasteiger partial charge in [0.2, 0.25) is 11.8 Å². The maximum atomic E-state index is 14.2. The van der Waals surface area contributed by atoms with Gasteiger partial charge in [0.25, 0.3) is 0 Å². The fourth-order valence-electron chi connectivity index (χ4n) is 4.74. The van der Waals surface area contributed by atoms with Gasteiger partial charge in [-0.2, -0.15) is 13.2 Å². The molecule has 7 nitrogen and oxygen atoms in total. The van der Waals surface area contributed by atoms with Crippen LogP contribution in [-0.2, 0) is 22.8 Å². The number of alkyl halides is 3. The molecule has 0 fully saturated rings. The third-order valence-corrected chi connectivity index (χ3v) is 6.59. The number of amides is 2. The van der Waals surface area contributed by atoms with Crippen LogP contribution in [0.2, 0.25) is 0 Å². The van der Waals surface area contributed by atoms with Crippen LogP contribution < -0.4 is 9.80 Å². The Hall–Kier alpha value is -4.60. The summed E-state index contributed by atoms with van der Waals surface area (Å²) in [5.74, 6) is -2.75. The maximum Gasteiger partial charge on any atom is 0.416 e. The second-order valence-electron chi connectivity index (χ2n) is 8.89. The minimum Gasteiger partial charge on any atom is -0.507 e. The summed E-state index contributed by atoms with van der Waals surface area (Å²) in [7, 11) is 1.74. The van der Waals surface area contributed by atoms with Crippen molar-refractivity contribution < 1.29 is 27.9 Å². The maximum absolute atomic E-state index is 14.2. The van der Waals surface area contributed by atoms with E-state index in [1.807, 2.05) is 0 Å². The number of para-hydroxylation sites is 1. The van der Waals surface area contributed by atoms with E-state index in [4.69, 9.17) is 0 Å². The molecule has 1 atom stereocenters. The van der Waals surface area contributed by atoms with Gasteiger partial charge in [-0.25, -0.2) is 4.98 Å². The SMILES string of the molecule is CCN1C(=O)C(c2ccc(O)c(-c3cncn3C)c2)C(=O)N(c2ccccc2)c2cc(C(F)(F)F)ccc21. The lowest BCUT2D eigenvalue weighted by Gasteiger charge is -2.26. The number of aryl methyl sites for hydroxylation is 1. The van der Waals surface area contributed by atoms with Crippen molar-refractivity contribution in [3.05, 3.63) is 90.4 Å². The predicted octanol–water partition coefficient (Wildman–Crippen LogP) is 5.63. The van der Waals surface area contributed by atoms with Crippen LogP contribution in [0.4, 0.5) is 30.2 Å². The average molecular weight is 521 g/mol. The summed E-state index contributed by atoms with van der Waals surface area (Å²) in [5.41, 5.74) is 0.740. The van der Waals surface area contributed by atoms with Crippen molar-refractivity contribution in [2.75, 3.05) is 16.3 Å². The fourth-order valence-corrected chi connectivity index (χ4v) is 4.74. The highest BCUT2D eigenvalue weighted by atomic mass is 19.4. The summed E-state index contributed by atoms with van der Waals surface area (Å²) >= 11 is 0. The third-order valence-electron chi connectivity index (χ3n) is 6.59. The van der Waals surface area contributed by atoms with Gasteiger partial charge in [0.05, 0.1) is 35.2 Å². The van der Waals surface area contributed by atoms with Crippen molar-refractivity contribution in [2.45, 2.75) is 19.0 Å². The molecule has 0 spiro atoms. The molecule has 1 aliphatic rings. The zero-order valence-electron chi connectivity index (χ0n) is 20.5. The number of carbonyl (C=O) groups is 2. The molecular formula is C28H23F3N4O3. The summed E-state index contributed by atoms with van der Waals surface area (Å²) in [4.78, 5) is 34.7. The molecule has 1 unspecified atom stereocenters. The van der Waals surface area contributed by atoms with E-state index in [0.29, 0.717) is 16.9 Å². The number of aromatic nitrogens is 2. The summed E-state index contributed by atoms with van der Waals surface area (Å²) < 4.78 is 42.8. The number of nitrogens with zero attached hydrogens (tertiary/aromatic N) is 4. The summed E-state index contributed by atoms with van der Waals surface area (Å²) in [6.45, 7) is 1.81. The van der Waals surface area contributed by atoms with Crippen LogP contribution in [0, 0.1) is 0 Å². The Labute approximate surface area is 216 Å². The Morgan fingerprint density at radius 3 is 2.32 bits per heavy atom. The number of hydrogen-bond donors (Lipinski definition) is 1. The molecule has 1 aliphatic heterocycles. The highest BCUT2D eigenvalue weighted by molar-refractivity contribution is 6.23. The normalized spacial score (nSPS) is 16.0. The van der Waals surface area contributed by atoms with Gasteiger partial charge in [-0.05, 0) is 55.0 Å². The highest BCUT2D eigenvalue weighted by Crippen LogP contribution is 2.45. The van der Waals surface area contributed by atoms with Gasteiger partial charge in [-0.15, -0.1) is 0 Å². The van der Waals surface area contributed by atoms with E-state index in [-0.39, 0.29) is 29.2 Å². The lowest BCUT2D eigenvalue weighted by atomic mass is 9.93. The van der Waals surface area contributed by atoms with E-state index in [9.17, 15) is 27.9 Å². The van der Waals surface area contributed by atoms with Gasteiger partial charge in [0.1, 0.15) is 11.7 Å². The van der Waals surface area contributed by atoms with Gasteiger partial charge in [-0.1, -0.05) is 24.3 Å². The highest BCUT2D eigenvalue weighted by Gasteiger charge is 2.43. The van der Waals surface area contributed by atoms with Crippen molar-refractivity contribution in [3.8, 4) is 17.0 Å². The number of benzene rings is 3. The van der Waals surface area contributed by atoms with E-state index < -0.39 is 29.5 Å². The molecule has 0 bridgehead atoms. The van der Waals surface area contributed by atoms with Gasteiger partial charge in [0, 0.05) is 24.8 Å². The van der Waals surface area contributed by atoms with Crippen molar-refractivity contribution in [3.63, 3.8) is 0 Å². The largest absolute Gasteiger partial charge is 0.507 e. The molecule has 0 radical (unpaired) electrons. The van der Waals surface area contributed by atoms with Crippen molar-refractivity contribution in [1.82, 2.24) is 9.55 Å². The van der Waals surface area contributed by atoms with E-state index in [2.05, 4.69) is 4.98 Å². The Morgan fingerprint density at radius 2 is 1.68 bits per heavy atom. The third kappa shape index (κ3) is 4.17. The quantitative estimate of drug-likeness (QED) is 0.354. The smallest absolute Gasteiger partial charge is 0.416 e. The molecule has 10 heteroatoms. The number of rotatable bonds is 4. The number of hydrogen-bond acceptors (Lipinski definition) is 4. The fraction of sp³-hybridized carbons (Fsp3) is 0.179. The van der Waals surface area contributed by atoms with Crippen molar-refractivity contribution in [1.29, 1.82) is 0 Å². The molecule has 2 amide bonds. The zero-order chi connectivity index (χ0) is 27.2. The molecule has 1 aromatic heterocycles. The van der Waals surface area contributed by atoms with Crippen LogP contribution in [0.5, 0.6) is 5.75 Å². The molecule has 3 aromatic carbocycles. The molecule has 38 heavy (non-hydrogen) atoms. The minimum absolute atomic E-state index is 0.0423. The molecule has 194 valence electrons. The first-order chi connectivity index (χ1) is 18.1. The van der Waals surface area contributed by atoms with Crippen LogP contribution in [0.1, 0.15) is 24.0 Å². The first kappa shape index (κ1) is 25.1. The molecule has 0 saturated carbocycles. The standard InChI is InChI=1S/C28H23F3N4O3/c1-3-34-21-11-10-18(28(29,30)31)14-22(21)35(19-7-5-4-6-8-19)27(38)25(26(34)37)17-9-12-24(36)20(13-17)23-15-32-16-33(23)2/h4-16,25,36H,3H2,1-2H3. The Kier molecular flexibility index (Phi) is 6.18. The number of halogens is 3. The van der Waals surface area contributed by atoms with E-state index >= 15 is 0 Å². The molecule has 2 heterocycles. The van der Waals surface area contributed by atoms with Gasteiger partial charge < -0.3 is 14.6 Å². The van der Waals surface area contributed by atoms with Crippen molar-refractivity contribution >= 4 is 28.9 Å². The number of anilines is 3. The van der Waals surface area contributed by atoms with Gasteiger partial charge >= 0.3 is 6.18 Å². The Morgan fingerprint density at radius 1 is 0.947 bits per heavy atom. The topological polar surface area (TPSA) is 78.7 Å². The number of carbonyl (C=O) groups excluding carboxylic acids is 2. The number of phenolic OH excluding ortho intramolecular Hbond substituents is 1. The van der Waals surface area contributed by atoms with Crippen LogP contribution in [0.15, 0.2) is 79.3 Å². The van der Waals surface area contributed by atoms with E-state index in [0.717, 1.165) is 12.1 Å². The lowest BCUT2D eigenvalue weighted by molar-refractivity contribution is -0.137. The molecule has 0 saturated heterocycles. The predicted molar refractivity (Wildman–Crippen MR) is 136 cm³/mol. The number of fused-ring (bicyclic) bond motifs is 1. The van der Waals surface area contributed by atoms with Gasteiger partial charge in [0.15, 0.2) is 0 Å². The summed E-state index contributed by atoms with van der Waals surface area (Å²) in [6, 6.07) is 15.7. The molecule has 0 aliphatic carbocycles. The van der Waals surface area contributed by atoms with Crippen LogP contribution in [0.3, 0.4) is 0 Å². The Bertz CT molecular complexity index is 1530. The molecule has 1 N–H and O–H groups in total.